The first kappa shape index (κ1) is 18.8. The topological polar surface area (TPSA) is 39.1 Å². The third-order valence-electron chi connectivity index (χ3n) is 4.25. The summed E-state index contributed by atoms with van der Waals surface area (Å²) in [5.74, 6) is 0.659. The molecule has 0 aliphatic heterocycles. The van der Waals surface area contributed by atoms with Gasteiger partial charge in [0.05, 0.1) is 18.5 Å². The lowest BCUT2D eigenvalue weighted by Crippen LogP contribution is -2.23. The van der Waals surface area contributed by atoms with Gasteiger partial charge < -0.3 is 10.1 Å². The molecule has 1 N–H and O–H groups in total. The molecule has 3 aromatic rings. The van der Waals surface area contributed by atoms with Crippen LogP contribution in [0, 0.1) is 0 Å². The average molecular weight is 390 g/mol. The monoisotopic (exact) mass is 389 g/mol. The highest BCUT2D eigenvalue weighted by molar-refractivity contribution is 6.31. The zero-order valence-corrected chi connectivity index (χ0v) is 16.4. The fourth-order valence-corrected chi connectivity index (χ4v) is 3.25. The Balaban J connectivity index is 1.82. The Hall–Kier alpha value is -2.01. The quantitative estimate of drug-likeness (QED) is 0.596. The second-order valence-corrected chi connectivity index (χ2v) is 7.04. The third kappa shape index (κ3) is 4.21. The summed E-state index contributed by atoms with van der Waals surface area (Å²) in [6.45, 7) is 4.18. The number of hydrogen-bond acceptors (Lipinski definition) is 3. The molecule has 1 heterocycles. The van der Waals surface area contributed by atoms with E-state index in [4.69, 9.17) is 33.0 Å². The minimum atomic E-state index is 0.0262. The molecule has 0 amide bonds. The van der Waals surface area contributed by atoms with Crippen LogP contribution in [-0.2, 0) is 0 Å². The molecule has 0 unspecified atom stereocenters. The molecule has 0 saturated carbocycles. The Morgan fingerprint density at radius 1 is 0.962 bits per heavy atom. The molecule has 0 aliphatic rings. The van der Waals surface area contributed by atoms with Crippen molar-refractivity contribution in [1.82, 2.24) is 15.1 Å². The van der Waals surface area contributed by atoms with Crippen LogP contribution >= 0.6 is 23.2 Å². The van der Waals surface area contributed by atoms with Gasteiger partial charge in [-0.1, -0.05) is 41.4 Å². The van der Waals surface area contributed by atoms with Crippen LogP contribution in [0.15, 0.2) is 54.6 Å². The second-order valence-electron chi connectivity index (χ2n) is 6.17. The van der Waals surface area contributed by atoms with Crippen molar-refractivity contribution in [2.75, 3.05) is 7.11 Å². The summed E-state index contributed by atoms with van der Waals surface area (Å²) in [6, 6.07) is 17.5. The molecule has 26 heavy (non-hydrogen) atoms. The highest BCUT2D eigenvalue weighted by Crippen LogP contribution is 2.26. The first-order chi connectivity index (χ1) is 12.5. The maximum atomic E-state index is 6.10. The largest absolute Gasteiger partial charge is 0.481 e. The Bertz CT molecular complexity index is 894. The van der Waals surface area contributed by atoms with Crippen LogP contribution in [0.1, 0.15) is 37.2 Å². The van der Waals surface area contributed by atoms with Gasteiger partial charge in [0.25, 0.3) is 0 Å². The second kappa shape index (κ2) is 8.12. The fraction of sp³-hybridized carbons (Fsp3) is 0.250. The van der Waals surface area contributed by atoms with Crippen molar-refractivity contribution in [3.05, 3.63) is 75.9 Å². The molecule has 0 bridgehead atoms. The molecule has 0 radical (unpaired) electrons. The summed E-state index contributed by atoms with van der Waals surface area (Å²) in [5.41, 5.74) is 2.87. The molecular weight excluding hydrogens is 369 g/mol. The molecule has 4 nitrogen and oxygen atoms in total. The van der Waals surface area contributed by atoms with E-state index in [0.717, 1.165) is 22.0 Å². The van der Waals surface area contributed by atoms with E-state index in [2.05, 4.69) is 25.2 Å². The lowest BCUT2D eigenvalue weighted by molar-refractivity contribution is 0.383. The van der Waals surface area contributed by atoms with Crippen molar-refractivity contribution in [2.45, 2.75) is 25.9 Å². The summed E-state index contributed by atoms with van der Waals surface area (Å²) < 4.78 is 7.24. The predicted molar refractivity (Wildman–Crippen MR) is 107 cm³/mol. The smallest absolute Gasteiger partial charge is 0.216 e. The van der Waals surface area contributed by atoms with E-state index in [1.54, 1.807) is 11.8 Å². The molecule has 2 aromatic carbocycles. The fourth-order valence-electron chi connectivity index (χ4n) is 2.86. The van der Waals surface area contributed by atoms with Crippen LogP contribution < -0.4 is 10.1 Å². The molecule has 0 aliphatic carbocycles. The minimum absolute atomic E-state index is 0.0262. The van der Waals surface area contributed by atoms with Gasteiger partial charge in [-0.3, -0.25) is 0 Å². The highest BCUT2D eigenvalue weighted by atomic mass is 35.5. The summed E-state index contributed by atoms with van der Waals surface area (Å²) in [7, 11) is 1.63. The van der Waals surface area contributed by atoms with Crippen molar-refractivity contribution in [3.8, 4) is 11.6 Å². The van der Waals surface area contributed by atoms with Crippen molar-refractivity contribution >= 4 is 23.2 Å². The molecule has 3 rings (SSSR count). The van der Waals surface area contributed by atoms with Gasteiger partial charge in [0.2, 0.25) is 5.88 Å². The number of ether oxygens (including phenoxy) is 1. The average Bonchev–Trinajstić information content (AvgIpc) is 3.06. The molecule has 6 heteroatoms. The van der Waals surface area contributed by atoms with Crippen LogP contribution in [0.2, 0.25) is 10.0 Å². The SMILES string of the molecule is COc1cc([C@@H](C)N[C@H](C)c2cccc(Cl)c2)nn1-c1cccc(Cl)c1. The summed E-state index contributed by atoms with van der Waals surface area (Å²) in [6.07, 6.45) is 0. The van der Waals surface area contributed by atoms with Gasteiger partial charge in [-0.2, -0.15) is 5.10 Å². The van der Waals surface area contributed by atoms with Gasteiger partial charge in [0, 0.05) is 28.2 Å². The van der Waals surface area contributed by atoms with Crippen LogP contribution in [-0.4, -0.2) is 16.9 Å². The van der Waals surface area contributed by atoms with Crippen LogP contribution in [0.4, 0.5) is 0 Å². The van der Waals surface area contributed by atoms with Crippen molar-refractivity contribution < 1.29 is 4.74 Å². The molecule has 1 aromatic heterocycles. The van der Waals surface area contributed by atoms with E-state index in [1.165, 1.54) is 0 Å². The van der Waals surface area contributed by atoms with Gasteiger partial charge in [-0.25, -0.2) is 4.68 Å². The van der Waals surface area contributed by atoms with E-state index in [9.17, 15) is 0 Å². The number of hydrogen-bond donors (Lipinski definition) is 1. The first-order valence-corrected chi connectivity index (χ1v) is 9.15. The number of nitrogens with one attached hydrogen (secondary N) is 1. The number of nitrogens with zero attached hydrogens (tertiary/aromatic N) is 2. The molecule has 2 atom stereocenters. The van der Waals surface area contributed by atoms with Gasteiger partial charge in [-0.05, 0) is 49.7 Å². The van der Waals surface area contributed by atoms with Gasteiger partial charge in [-0.15, -0.1) is 0 Å². The molecular formula is C20H21Cl2N3O. The lowest BCUT2D eigenvalue weighted by Gasteiger charge is -2.19. The van der Waals surface area contributed by atoms with Crippen LogP contribution in [0.25, 0.3) is 5.69 Å². The summed E-state index contributed by atoms with van der Waals surface area (Å²) >= 11 is 12.2. The molecule has 0 saturated heterocycles. The summed E-state index contributed by atoms with van der Waals surface area (Å²) in [5, 5.41) is 9.64. The predicted octanol–water partition coefficient (Wildman–Crippen LogP) is 5.60. The normalized spacial score (nSPS) is 13.4. The van der Waals surface area contributed by atoms with Gasteiger partial charge in [0.15, 0.2) is 0 Å². The lowest BCUT2D eigenvalue weighted by atomic mass is 10.1. The highest BCUT2D eigenvalue weighted by Gasteiger charge is 2.17. The number of rotatable bonds is 6. The maximum absolute atomic E-state index is 6.10. The van der Waals surface area contributed by atoms with E-state index < -0.39 is 0 Å². The summed E-state index contributed by atoms with van der Waals surface area (Å²) in [4.78, 5) is 0. The number of halogens is 2. The Labute approximate surface area is 163 Å². The zero-order valence-electron chi connectivity index (χ0n) is 14.9. The Kier molecular flexibility index (Phi) is 5.87. The van der Waals surface area contributed by atoms with Gasteiger partial charge in [0.1, 0.15) is 0 Å². The van der Waals surface area contributed by atoms with Crippen molar-refractivity contribution in [3.63, 3.8) is 0 Å². The number of methoxy groups -OCH3 is 1. The van der Waals surface area contributed by atoms with Crippen LogP contribution in [0.5, 0.6) is 5.88 Å². The van der Waals surface area contributed by atoms with E-state index in [-0.39, 0.29) is 12.1 Å². The van der Waals surface area contributed by atoms with E-state index in [1.807, 2.05) is 48.5 Å². The van der Waals surface area contributed by atoms with Crippen molar-refractivity contribution in [2.24, 2.45) is 0 Å². The third-order valence-corrected chi connectivity index (χ3v) is 4.72. The number of benzene rings is 2. The molecule has 136 valence electrons. The van der Waals surface area contributed by atoms with Crippen molar-refractivity contribution in [1.29, 1.82) is 0 Å². The number of aromatic nitrogens is 2. The maximum Gasteiger partial charge on any atom is 0.216 e. The Morgan fingerprint density at radius 2 is 1.65 bits per heavy atom. The zero-order chi connectivity index (χ0) is 18.7. The van der Waals surface area contributed by atoms with E-state index in [0.29, 0.717) is 10.9 Å². The molecule has 0 spiro atoms. The minimum Gasteiger partial charge on any atom is -0.481 e. The van der Waals surface area contributed by atoms with Gasteiger partial charge >= 0.3 is 0 Å². The first-order valence-electron chi connectivity index (χ1n) is 8.39. The van der Waals surface area contributed by atoms with Crippen LogP contribution in [0.3, 0.4) is 0 Å². The molecule has 0 fully saturated rings. The van der Waals surface area contributed by atoms with E-state index >= 15 is 0 Å². The standard InChI is InChI=1S/C20H21Cl2N3O/c1-13(15-6-4-7-16(21)10-15)23-14(2)19-12-20(26-3)25(24-19)18-9-5-8-17(22)11-18/h4-14,23H,1-3H3/t13-,14-/m1/s1. The Morgan fingerprint density at radius 3 is 2.31 bits per heavy atom.